The smallest absolute Gasteiger partial charge is 0.235 e. The van der Waals surface area contributed by atoms with Gasteiger partial charge in [-0.3, -0.25) is 5.10 Å². The van der Waals surface area contributed by atoms with Gasteiger partial charge >= 0.3 is 0 Å². The summed E-state index contributed by atoms with van der Waals surface area (Å²) in [5.41, 5.74) is 3.79. The number of aromatic nitrogens is 5. The van der Waals surface area contributed by atoms with Crippen molar-refractivity contribution >= 4 is 41.0 Å². The van der Waals surface area contributed by atoms with Crippen LogP contribution in [0.5, 0.6) is 0 Å². The number of likely N-dealkylation sites (N-methyl/N-ethyl adjacent to an activating group) is 1. The SMILES string of the molecule is Cc1cc(-c2cc(Nc3nc(Nc4ccccc4)nc(N4CCN(C)CC4)n3)n[nH]2)ccc1Cl. The van der Waals surface area contributed by atoms with Gasteiger partial charge in [0, 0.05) is 43.0 Å². The van der Waals surface area contributed by atoms with Gasteiger partial charge in [0.1, 0.15) is 0 Å². The lowest BCUT2D eigenvalue weighted by molar-refractivity contribution is 0.311. The Balaban J connectivity index is 1.42. The van der Waals surface area contributed by atoms with Crippen molar-refractivity contribution < 1.29 is 0 Å². The average Bonchev–Trinajstić information content (AvgIpc) is 3.30. The third kappa shape index (κ3) is 5.11. The van der Waals surface area contributed by atoms with Crippen LogP contribution >= 0.6 is 11.6 Å². The quantitative estimate of drug-likeness (QED) is 0.376. The Bertz CT molecular complexity index is 1270. The van der Waals surface area contributed by atoms with E-state index >= 15 is 0 Å². The minimum Gasteiger partial charge on any atom is -0.338 e. The fourth-order valence-electron chi connectivity index (χ4n) is 3.74. The molecule has 1 aliphatic rings. The zero-order chi connectivity index (χ0) is 23.5. The minimum absolute atomic E-state index is 0.424. The van der Waals surface area contributed by atoms with E-state index < -0.39 is 0 Å². The van der Waals surface area contributed by atoms with E-state index in [1.165, 1.54) is 0 Å². The lowest BCUT2D eigenvalue weighted by Gasteiger charge is -2.32. The Hall–Kier alpha value is -3.69. The number of nitrogens with zero attached hydrogens (tertiary/aromatic N) is 6. The van der Waals surface area contributed by atoms with E-state index in [1.54, 1.807) is 0 Å². The van der Waals surface area contributed by atoms with Crippen molar-refractivity contribution in [1.29, 1.82) is 0 Å². The molecule has 10 heteroatoms. The second kappa shape index (κ2) is 9.66. The number of hydrogen-bond donors (Lipinski definition) is 3. The first-order valence-electron chi connectivity index (χ1n) is 11.1. The summed E-state index contributed by atoms with van der Waals surface area (Å²) < 4.78 is 0. The fourth-order valence-corrected chi connectivity index (χ4v) is 3.85. The van der Waals surface area contributed by atoms with Crippen LogP contribution in [0.4, 0.5) is 29.4 Å². The molecule has 2 aromatic heterocycles. The molecular weight excluding hydrogens is 450 g/mol. The molecule has 9 nitrogen and oxygen atoms in total. The van der Waals surface area contributed by atoms with Crippen molar-refractivity contribution in [3.63, 3.8) is 0 Å². The molecule has 3 heterocycles. The standard InChI is InChI=1S/C24H26ClN9/c1-16-14-17(8-9-19(16)25)20-15-21(32-31-20)27-23-28-22(26-18-6-4-3-5-7-18)29-24(30-23)34-12-10-33(2)11-13-34/h3-9,14-15H,10-13H2,1-2H3,(H3,26,27,28,29,30,31,32). The number of piperazine rings is 1. The van der Waals surface area contributed by atoms with Gasteiger partial charge in [-0.25, -0.2) is 0 Å². The van der Waals surface area contributed by atoms with Gasteiger partial charge in [-0.1, -0.05) is 35.9 Å². The molecular formula is C24H26ClN9. The maximum absolute atomic E-state index is 6.17. The molecule has 0 bridgehead atoms. The van der Waals surface area contributed by atoms with Gasteiger partial charge in [0.15, 0.2) is 5.82 Å². The Morgan fingerprint density at radius 1 is 0.882 bits per heavy atom. The van der Waals surface area contributed by atoms with E-state index in [1.807, 2.05) is 61.5 Å². The van der Waals surface area contributed by atoms with E-state index in [4.69, 9.17) is 11.6 Å². The molecule has 174 valence electrons. The Kier molecular flexibility index (Phi) is 6.29. The number of halogens is 1. The van der Waals surface area contributed by atoms with E-state index in [9.17, 15) is 0 Å². The van der Waals surface area contributed by atoms with E-state index in [-0.39, 0.29) is 0 Å². The third-order valence-corrected chi connectivity index (χ3v) is 6.15. The Labute approximate surface area is 203 Å². The Morgan fingerprint density at radius 3 is 2.35 bits per heavy atom. The third-order valence-electron chi connectivity index (χ3n) is 5.73. The van der Waals surface area contributed by atoms with Crippen molar-refractivity contribution in [2.75, 3.05) is 48.8 Å². The van der Waals surface area contributed by atoms with Crippen LogP contribution < -0.4 is 15.5 Å². The number of aromatic amines is 1. The molecule has 1 aliphatic heterocycles. The van der Waals surface area contributed by atoms with E-state index in [0.29, 0.717) is 23.7 Å². The molecule has 0 atom stereocenters. The van der Waals surface area contributed by atoms with Gasteiger partial charge in [-0.2, -0.15) is 20.1 Å². The summed E-state index contributed by atoms with van der Waals surface area (Å²) >= 11 is 6.17. The minimum atomic E-state index is 0.424. The van der Waals surface area contributed by atoms with E-state index in [2.05, 4.69) is 52.6 Å². The van der Waals surface area contributed by atoms with Crippen LogP contribution in [0, 0.1) is 6.92 Å². The fraction of sp³-hybridized carbons (Fsp3) is 0.250. The van der Waals surface area contributed by atoms with Crippen LogP contribution in [0.1, 0.15) is 5.56 Å². The molecule has 2 aromatic carbocycles. The van der Waals surface area contributed by atoms with Gasteiger partial charge in [0.25, 0.3) is 0 Å². The zero-order valence-electron chi connectivity index (χ0n) is 19.1. The van der Waals surface area contributed by atoms with Crippen molar-refractivity contribution in [2.45, 2.75) is 6.92 Å². The first-order valence-corrected chi connectivity index (χ1v) is 11.5. The van der Waals surface area contributed by atoms with Crippen molar-refractivity contribution in [3.05, 3.63) is 65.2 Å². The summed E-state index contributed by atoms with van der Waals surface area (Å²) in [5.74, 6) is 2.14. The van der Waals surface area contributed by atoms with Gasteiger partial charge in [0.05, 0.1) is 5.69 Å². The summed E-state index contributed by atoms with van der Waals surface area (Å²) in [6.07, 6.45) is 0. The molecule has 0 saturated carbocycles. The number of benzene rings is 2. The Morgan fingerprint density at radius 2 is 1.62 bits per heavy atom. The van der Waals surface area contributed by atoms with Crippen LogP contribution in [-0.2, 0) is 0 Å². The molecule has 34 heavy (non-hydrogen) atoms. The van der Waals surface area contributed by atoms with Crippen molar-refractivity contribution in [1.82, 2.24) is 30.0 Å². The van der Waals surface area contributed by atoms with Gasteiger partial charge in [-0.05, 0) is 49.4 Å². The number of para-hydroxylation sites is 1. The molecule has 0 unspecified atom stereocenters. The van der Waals surface area contributed by atoms with Gasteiger partial charge in [0.2, 0.25) is 17.8 Å². The first kappa shape index (κ1) is 22.1. The lowest BCUT2D eigenvalue weighted by atomic mass is 10.1. The molecule has 4 aromatic rings. The molecule has 0 spiro atoms. The van der Waals surface area contributed by atoms with Gasteiger partial charge in [-0.15, -0.1) is 0 Å². The highest BCUT2D eigenvalue weighted by atomic mass is 35.5. The first-order chi connectivity index (χ1) is 16.5. The average molecular weight is 476 g/mol. The maximum atomic E-state index is 6.17. The molecule has 0 amide bonds. The van der Waals surface area contributed by atoms with Gasteiger partial charge < -0.3 is 20.4 Å². The topological polar surface area (TPSA) is 97.9 Å². The largest absolute Gasteiger partial charge is 0.338 e. The van der Waals surface area contributed by atoms with Crippen LogP contribution in [0.25, 0.3) is 11.3 Å². The number of hydrogen-bond acceptors (Lipinski definition) is 8. The highest BCUT2D eigenvalue weighted by Crippen LogP contribution is 2.26. The number of rotatable bonds is 6. The summed E-state index contributed by atoms with van der Waals surface area (Å²) in [4.78, 5) is 18.4. The summed E-state index contributed by atoms with van der Waals surface area (Å²) in [6, 6.07) is 17.6. The number of anilines is 5. The molecule has 0 radical (unpaired) electrons. The lowest BCUT2D eigenvalue weighted by Crippen LogP contribution is -2.45. The number of H-pyrrole nitrogens is 1. The van der Waals surface area contributed by atoms with Crippen LogP contribution in [0.2, 0.25) is 5.02 Å². The molecule has 1 fully saturated rings. The summed E-state index contributed by atoms with van der Waals surface area (Å²) in [5, 5.41) is 14.7. The summed E-state index contributed by atoms with van der Waals surface area (Å²) in [7, 11) is 2.12. The zero-order valence-corrected chi connectivity index (χ0v) is 19.8. The van der Waals surface area contributed by atoms with E-state index in [0.717, 1.165) is 53.7 Å². The molecule has 1 saturated heterocycles. The highest BCUT2D eigenvalue weighted by molar-refractivity contribution is 6.31. The normalized spacial score (nSPS) is 14.3. The number of aryl methyl sites for hydroxylation is 1. The second-order valence-electron chi connectivity index (χ2n) is 8.32. The second-order valence-corrected chi connectivity index (χ2v) is 8.73. The maximum Gasteiger partial charge on any atom is 0.235 e. The highest BCUT2D eigenvalue weighted by Gasteiger charge is 2.19. The summed E-state index contributed by atoms with van der Waals surface area (Å²) in [6.45, 7) is 5.60. The van der Waals surface area contributed by atoms with Crippen LogP contribution in [0.3, 0.4) is 0 Å². The predicted octanol–water partition coefficient (Wildman–Crippen LogP) is 4.46. The van der Waals surface area contributed by atoms with Crippen LogP contribution in [0.15, 0.2) is 54.6 Å². The number of nitrogens with one attached hydrogen (secondary N) is 3. The predicted molar refractivity (Wildman–Crippen MR) is 136 cm³/mol. The van der Waals surface area contributed by atoms with Crippen LogP contribution in [-0.4, -0.2) is 63.3 Å². The molecule has 0 aliphatic carbocycles. The molecule has 5 rings (SSSR count). The molecule has 3 N–H and O–H groups in total. The monoisotopic (exact) mass is 475 g/mol. The van der Waals surface area contributed by atoms with Crippen molar-refractivity contribution in [2.24, 2.45) is 0 Å². The van der Waals surface area contributed by atoms with Crippen molar-refractivity contribution in [3.8, 4) is 11.3 Å².